The van der Waals surface area contributed by atoms with Gasteiger partial charge in [-0.1, -0.05) is 0 Å². The highest BCUT2D eigenvalue weighted by Gasteiger charge is 2.30. The molecule has 0 aromatic carbocycles. The summed E-state index contributed by atoms with van der Waals surface area (Å²) >= 11 is 1.90. The van der Waals surface area contributed by atoms with E-state index in [1.54, 1.807) is 4.88 Å². The van der Waals surface area contributed by atoms with Gasteiger partial charge in [-0.05, 0) is 36.8 Å². The topological polar surface area (TPSA) is 38.5 Å². The SMILES string of the molecule is CC1c2ccsc2CCN1CC1COCCC1N. The minimum Gasteiger partial charge on any atom is -0.381 e. The number of hydrogen-bond acceptors (Lipinski definition) is 4. The fraction of sp³-hybridized carbons (Fsp3) is 0.714. The lowest BCUT2D eigenvalue weighted by Crippen LogP contribution is -2.47. The third-order valence-electron chi connectivity index (χ3n) is 4.41. The van der Waals surface area contributed by atoms with Crippen LogP contribution in [0.2, 0.25) is 0 Å². The van der Waals surface area contributed by atoms with E-state index in [0.29, 0.717) is 18.0 Å². The van der Waals surface area contributed by atoms with Crippen LogP contribution >= 0.6 is 11.3 Å². The molecule has 18 heavy (non-hydrogen) atoms. The van der Waals surface area contributed by atoms with Crippen LogP contribution in [-0.2, 0) is 11.2 Å². The van der Waals surface area contributed by atoms with Crippen LogP contribution in [0.5, 0.6) is 0 Å². The molecule has 0 saturated carbocycles. The van der Waals surface area contributed by atoms with Crippen LogP contribution in [0.3, 0.4) is 0 Å². The lowest BCUT2D eigenvalue weighted by Gasteiger charge is -2.38. The highest BCUT2D eigenvalue weighted by atomic mass is 32.1. The molecule has 100 valence electrons. The molecule has 3 heterocycles. The Morgan fingerprint density at radius 2 is 2.44 bits per heavy atom. The fourth-order valence-electron chi connectivity index (χ4n) is 3.11. The number of fused-ring (bicyclic) bond motifs is 1. The number of ether oxygens (including phenoxy) is 1. The van der Waals surface area contributed by atoms with Crippen molar-refractivity contribution in [2.75, 3.05) is 26.3 Å². The second-order valence-electron chi connectivity index (χ2n) is 5.51. The highest BCUT2D eigenvalue weighted by Crippen LogP contribution is 2.33. The van der Waals surface area contributed by atoms with Crippen molar-refractivity contribution >= 4 is 11.3 Å². The zero-order valence-corrected chi connectivity index (χ0v) is 11.8. The lowest BCUT2D eigenvalue weighted by molar-refractivity contribution is 0.0189. The van der Waals surface area contributed by atoms with Crippen LogP contribution in [-0.4, -0.2) is 37.2 Å². The first kappa shape index (κ1) is 12.6. The van der Waals surface area contributed by atoms with E-state index in [9.17, 15) is 0 Å². The number of nitrogens with two attached hydrogens (primary N) is 1. The van der Waals surface area contributed by atoms with Crippen LogP contribution in [0, 0.1) is 5.92 Å². The minimum atomic E-state index is 0.315. The monoisotopic (exact) mass is 266 g/mol. The number of hydrogen-bond donors (Lipinski definition) is 1. The van der Waals surface area contributed by atoms with E-state index >= 15 is 0 Å². The van der Waals surface area contributed by atoms with Gasteiger partial charge in [-0.2, -0.15) is 0 Å². The molecule has 3 atom stereocenters. The summed E-state index contributed by atoms with van der Waals surface area (Å²) in [4.78, 5) is 4.15. The first-order chi connectivity index (χ1) is 8.75. The summed E-state index contributed by atoms with van der Waals surface area (Å²) in [5, 5.41) is 2.22. The van der Waals surface area contributed by atoms with Crippen molar-refractivity contribution in [1.82, 2.24) is 4.90 Å². The van der Waals surface area contributed by atoms with Gasteiger partial charge < -0.3 is 10.5 Å². The molecule has 0 bridgehead atoms. The molecule has 1 saturated heterocycles. The Morgan fingerprint density at radius 3 is 3.28 bits per heavy atom. The second kappa shape index (κ2) is 5.29. The highest BCUT2D eigenvalue weighted by molar-refractivity contribution is 7.10. The first-order valence-corrected chi connectivity index (χ1v) is 7.77. The Balaban J connectivity index is 1.67. The van der Waals surface area contributed by atoms with Crippen molar-refractivity contribution in [3.05, 3.63) is 21.9 Å². The fourth-order valence-corrected chi connectivity index (χ4v) is 4.08. The molecular formula is C14H22N2OS. The quantitative estimate of drug-likeness (QED) is 0.890. The van der Waals surface area contributed by atoms with E-state index in [4.69, 9.17) is 10.5 Å². The van der Waals surface area contributed by atoms with Gasteiger partial charge in [0.05, 0.1) is 6.61 Å². The van der Waals surface area contributed by atoms with Crippen LogP contribution in [0.25, 0.3) is 0 Å². The second-order valence-corrected chi connectivity index (χ2v) is 6.51. The molecule has 4 heteroatoms. The molecule has 1 aromatic rings. The normalized spacial score (nSPS) is 33.3. The average molecular weight is 266 g/mol. The summed E-state index contributed by atoms with van der Waals surface area (Å²) < 4.78 is 5.58. The predicted molar refractivity (Wildman–Crippen MR) is 74.9 cm³/mol. The molecule has 3 nitrogen and oxygen atoms in total. The predicted octanol–water partition coefficient (Wildman–Crippen LogP) is 2.03. The Bertz CT molecular complexity index is 406. The standard InChI is InChI=1S/C14H22N2OS/c1-10-12-4-7-18-14(12)2-5-16(10)8-11-9-17-6-3-13(11)15/h4,7,10-11,13H,2-3,5-6,8-9,15H2,1H3. The van der Waals surface area contributed by atoms with Crippen molar-refractivity contribution in [3.8, 4) is 0 Å². The summed E-state index contributed by atoms with van der Waals surface area (Å²) in [6.07, 6.45) is 2.21. The van der Waals surface area contributed by atoms with Crippen molar-refractivity contribution in [3.63, 3.8) is 0 Å². The third kappa shape index (κ3) is 2.35. The molecule has 3 unspecified atom stereocenters. The molecule has 2 aliphatic heterocycles. The zero-order valence-electron chi connectivity index (χ0n) is 11.0. The minimum absolute atomic E-state index is 0.315. The van der Waals surface area contributed by atoms with Gasteiger partial charge in [-0.25, -0.2) is 0 Å². The van der Waals surface area contributed by atoms with Crippen molar-refractivity contribution in [1.29, 1.82) is 0 Å². The molecule has 0 amide bonds. The first-order valence-electron chi connectivity index (χ1n) is 6.89. The molecule has 0 aliphatic carbocycles. The Kier molecular flexibility index (Phi) is 3.71. The third-order valence-corrected chi connectivity index (χ3v) is 5.40. The van der Waals surface area contributed by atoms with E-state index in [1.165, 1.54) is 12.0 Å². The largest absolute Gasteiger partial charge is 0.381 e. The van der Waals surface area contributed by atoms with E-state index in [0.717, 1.165) is 32.7 Å². The molecular weight excluding hydrogens is 244 g/mol. The van der Waals surface area contributed by atoms with E-state index in [2.05, 4.69) is 23.3 Å². The maximum absolute atomic E-state index is 6.21. The maximum Gasteiger partial charge on any atom is 0.0521 e. The van der Waals surface area contributed by atoms with Gasteiger partial charge in [0.2, 0.25) is 0 Å². The van der Waals surface area contributed by atoms with Gasteiger partial charge in [0, 0.05) is 42.6 Å². The van der Waals surface area contributed by atoms with Crippen LogP contribution < -0.4 is 5.73 Å². The van der Waals surface area contributed by atoms with Gasteiger partial charge >= 0.3 is 0 Å². The van der Waals surface area contributed by atoms with E-state index < -0.39 is 0 Å². The van der Waals surface area contributed by atoms with Gasteiger partial charge in [-0.3, -0.25) is 4.90 Å². The van der Waals surface area contributed by atoms with E-state index in [1.807, 2.05) is 11.3 Å². The zero-order chi connectivity index (χ0) is 12.5. The Morgan fingerprint density at radius 1 is 1.56 bits per heavy atom. The molecule has 1 aromatic heterocycles. The lowest BCUT2D eigenvalue weighted by atomic mass is 9.93. The molecule has 3 rings (SSSR count). The Hall–Kier alpha value is -0.420. The van der Waals surface area contributed by atoms with Crippen LogP contribution in [0.15, 0.2) is 11.4 Å². The van der Waals surface area contributed by atoms with Gasteiger partial charge in [0.25, 0.3) is 0 Å². The number of rotatable bonds is 2. The summed E-state index contributed by atoms with van der Waals surface area (Å²) in [6.45, 7) is 6.23. The molecule has 0 radical (unpaired) electrons. The average Bonchev–Trinajstić information content (AvgIpc) is 2.84. The molecule has 2 N–H and O–H groups in total. The molecule has 0 spiro atoms. The maximum atomic E-state index is 6.21. The van der Waals surface area contributed by atoms with Crippen molar-refractivity contribution in [2.45, 2.75) is 31.8 Å². The summed E-state index contributed by atoms with van der Waals surface area (Å²) in [5.41, 5.74) is 7.74. The van der Waals surface area contributed by atoms with Gasteiger partial charge in [0.1, 0.15) is 0 Å². The molecule has 2 aliphatic rings. The summed E-state index contributed by atoms with van der Waals surface area (Å²) in [5.74, 6) is 0.501. The van der Waals surface area contributed by atoms with Crippen molar-refractivity contribution < 1.29 is 4.74 Å². The van der Waals surface area contributed by atoms with Crippen molar-refractivity contribution in [2.24, 2.45) is 11.7 Å². The Labute approximate surface area is 113 Å². The summed E-state index contributed by atoms with van der Waals surface area (Å²) in [7, 11) is 0. The molecule has 1 fully saturated rings. The van der Waals surface area contributed by atoms with Gasteiger partial charge in [0.15, 0.2) is 0 Å². The summed E-state index contributed by atoms with van der Waals surface area (Å²) in [6, 6.07) is 3.14. The van der Waals surface area contributed by atoms with Crippen LogP contribution in [0.1, 0.15) is 29.8 Å². The van der Waals surface area contributed by atoms with E-state index in [-0.39, 0.29) is 0 Å². The van der Waals surface area contributed by atoms with Crippen LogP contribution in [0.4, 0.5) is 0 Å². The number of nitrogens with zero attached hydrogens (tertiary/aromatic N) is 1. The van der Waals surface area contributed by atoms with Gasteiger partial charge in [-0.15, -0.1) is 11.3 Å². The number of thiophene rings is 1. The smallest absolute Gasteiger partial charge is 0.0521 e.